The summed E-state index contributed by atoms with van der Waals surface area (Å²) in [7, 11) is 0. The molecule has 0 aliphatic rings. The zero-order chi connectivity index (χ0) is 17.0. The highest BCUT2D eigenvalue weighted by Gasteiger charge is 2.27. The highest BCUT2D eigenvalue weighted by molar-refractivity contribution is 6.31. The first-order valence-corrected chi connectivity index (χ1v) is 7.54. The Kier molecular flexibility index (Phi) is 5.33. The number of rotatable bonds is 6. The van der Waals surface area contributed by atoms with Crippen LogP contribution in [0.15, 0.2) is 24.5 Å². The topological polar surface area (TPSA) is 81.4 Å². The Morgan fingerprint density at radius 3 is 2.57 bits per heavy atom. The van der Waals surface area contributed by atoms with Gasteiger partial charge < -0.3 is 9.64 Å². The van der Waals surface area contributed by atoms with Crippen molar-refractivity contribution < 1.29 is 9.66 Å². The maximum absolute atomic E-state index is 11.5. The van der Waals surface area contributed by atoms with E-state index >= 15 is 0 Å². The van der Waals surface area contributed by atoms with Crippen LogP contribution in [0.25, 0.3) is 0 Å². The Hall–Kier alpha value is -2.41. The first-order valence-electron chi connectivity index (χ1n) is 7.16. The molecule has 0 aliphatic carbocycles. The molecule has 2 rings (SSSR count). The van der Waals surface area contributed by atoms with Crippen LogP contribution < -0.4 is 9.64 Å². The molecule has 122 valence electrons. The van der Waals surface area contributed by atoms with Crippen molar-refractivity contribution in [3.8, 4) is 11.6 Å². The van der Waals surface area contributed by atoms with Gasteiger partial charge in [0.1, 0.15) is 12.1 Å². The van der Waals surface area contributed by atoms with Crippen LogP contribution in [-0.4, -0.2) is 28.0 Å². The summed E-state index contributed by atoms with van der Waals surface area (Å²) in [4.78, 5) is 20.7. The van der Waals surface area contributed by atoms with Gasteiger partial charge in [-0.15, -0.1) is 0 Å². The summed E-state index contributed by atoms with van der Waals surface area (Å²) in [5, 5.41) is 12.1. The normalized spacial score (nSPS) is 10.4. The summed E-state index contributed by atoms with van der Waals surface area (Å²) in [6.45, 7) is 6.81. The van der Waals surface area contributed by atoms with Gasteiger partial charge in [0, 0.05) is 18.1 Å². The second-order valence-electron chi connectivity index (χ2n) is 4.79. The van der Waals surface area contributed by atoms with Crippen LogP contribution in [0.2, 0.25) is 5.02 Å². The number of hydrogen-bond acceptors (Lipinski definition) is 6. The molecule has 1 heterocycles. The van der Waals surface area contributed by atoms with Gasteiger partial charge in [-0.05, 0) is 44.5 Å². The largest absolute Gasteiger partial charge is 0.434 e. The lowest BCUT2D eigenvalue weighted by Crippen LogP contribution is -2.24. The first kappa shape index (κ1) is 17.0. The van der Waals surface area contributed by atoms with Crippen molar-refractivity contribution in [2.75, 3.05) is 18.0 Å². The fourth-order valence-corrected chi connectivity index (χ4v) is 2.25. The minimum atomic E-state index is -0.522. The van der Waals surface area contributed by atoms with Gasteiger partial charge in [-0.2, -0.15) is 4.98 Å². The minimum Gasteiger partial charge on any atom is -0.434 e. The monoisotopic (exact) mass is 336 g/mol. The van der Waals surface area contributed by atoms with Crippen LogP contribution in [0.3, 0.4) is 0 Å². The molecule has 0 unspecified atom stereocenters. The predicted octanol–water partition coefficient (Wildman–Crippen LogP) is 3.99. The van der Waals surface area contributed by atoms with E-state index in [0.717, 1.165) is 5.56 Å². The number of hydrogen-bond donors (Lipinski definition) is 0. The maximum atomic E-state index is 11.5. The van der Waals surface area contributed by atoms with E-state index in [9.17, 15) is 10.1 Å². The van der Waals surface area contributed by atoms with E-state index < -0.39 is 4.92 Å². The highest BCUT2D eigenvalue weighted by Crippen LogP contribution is 2.36. The number of nitro groups is 1. The van der Waals surface area contributed by atoms with Gasteiger partial charge >= 0.3 is 11.6 Å². The number of benzene rings is 1. The van der Waals surface area contributed by atoms with E-state index in [1.807, 2.05) is 20.8 Å². The number of halogens is 1. The van der Waals surface area contributed by atoms with Crippen molar-refractivity contribution in [1.29, 1.82) is 0 Å². The molecular formula is C15H17ClN4O3. The Bertz CT molecular complexity index is 720. The molecule has 0 N–H and O–H groups in total. The standard InChI is InChI=1S/C15H17ClN4O3/c1-4-19(5-2)14-13(20(21)22)15(18-9-17-14)23-11-6-7-12(16)10(3)8-11/h6-9H,4-5H2,1-3H3. The van der Waals surface area contributed by atoms with E-state index in [2.05, 4.69) is 9.97 Å². The van der Waals surface area contributed by atoms with Crippen LogP contribution in [0, 0.1) is 17.0 Å². The molecule has 0 saturated heterocycles. The first-order chi connectivity index (χ1) is 11.0. The molecule has 0 amide bonds. The molecular weight excluding hydrogens is 320 g/mol. The number of anilines is 1. The Labute approximate surface area is 139 Å². The molecule has 1 aromatic carbocycles. The zero-order valence-electron chi connectivity index (χ0n) is 13.1. The summed E-state index contributed by atoms with van der Waals surface area (Å²) in [6, 6.07) is 5.01. The molecule has 1 aromatic heterocycles. The minimum absolute atomic E-state index is 0.0892. The Morgan fingerprint density at radius 1 is 1.30 bits per heavy atom. The van der Waals surface area contributed by atoms with Crippen LogP contribution in [0.5, 0.6) is 11.6 Å². The van der Waals surface area contributed by atoms with Gasteiger partial charge in [-0.25, -0.2) is 4.98 Å². The molecule has 0 bridgehead atoms. The van der Waals surface area contributed by atoms with Gasteiger partial charge in [0.05, 0.1) is 4.92 Å². The smallest absolute Gasteiger partial charge is 0.373 e. The number of aryl methyl sites for hydroxylation is 1. The summed E-state index contributed by atoms with van der Waals surface area (Å²) >= 11 is 5.97. The average molecular weight is 337 g/mol. The summed E-state index contributed by atoms with van der Waals surface area (Å²) in [5.41, 5.74) is 0.564. The molecule has 2 aromatic rings. The lowest BCUT2D eigenvalue weighted by Gasteiger charge is -2.19. The third kappa shape index (κ3) is 3.68. The third-order valence-electron chi connectivity index (χ3n) is 3.36. The Balaban J connectivity index is 2.47. The fraction of sp³-hybridized carbons (Fsp3) is 0.333. The molecule has 0 aliphatic heterocycles. The SMILES string of the molecule is CCN(CC)c1ncnc(Oc2ccc(Cl)c(C)c2)c1[N+](=O)[O-]. The van der Waals surface area contributed by atoms with E-state index in [1.54, 1.807) is 23.1 Å². The molecule has 0 radical (unpaired) electrons. The van der Waals surface area contributed by atoms with Crippen LogP contribution in [0.1, 0.15) is 19.4 Å². The molecule has 23 heavy (non-hydrogen) atoms. The van der Waals surface area contributed by atoms with Crippen LogP contribution in [-0.2, 0) is 0 Å². The molecule has 0 atom stereocenters. The maximum Gasteiger partial charge on any atom is 0.373 e. The zero-order valence-corrected chi connectivity index (χ0v) is 13.9. The lowest BCUT2D eigenvalue weighted by molar-refractivity contribution is -0.385. The number of ether oxygens (including phenoxy) is 1. The second kappa shape index (κ2) is 7.23. The van der Waals surface area contributed by atoms with Crippen molar-refractivity contribution in [3.63, 3.8) is 0 Å². The number of aromatic nitrogens is 2. The second-order valence-corrected chi connectivity index (χ2v) is 5.20. The quantitative estimate of drug-likeness (QED) is 0.586. The molecule has 0 fully saturated rings. The molecule has 8 heteroatoms. The van der Waals surface area contributed by atoms with Gasteiger partial charge in [0.25, 0.3) is 0 Å². The van der Waals surface area contributed by atoms with Crippen molar-refractivity contribution in [3.05, 3.63) is 45.2 Å². The lowest BCUT2D eigenvalue weighted by atomic mass is 10.2. The molecule has 7 nitrogen and oxygen atoms in total. The van der Waals surface area contributed by atoms with Crippen molar-refractivity contribution >= 4 is 23.1 Å². The highest BCUT2D eigenvalue weighted by atomic mass is 35.5. The van der Waals surface area contributed by atoms with Crippen molar-refractivity contribution in [1.82, 2.24) is 9.97 Å². The van der Waals surface area contributed by atoms with Crippen molar-refractivity contribution in [2.24, 2.45) is 0 Å². The molecule has 0 saturated carbocycles. The fourth-order valence-electron chi connectivity index (χ4n) is 2.14. The predicted molar refractivity (Wildman–Crippen MR) is 88.5 cm³/mol. The van der Waals surface area contributed by atoms with Crippen molar-refractivity contribution in [2.45, 2.75) is 20.8 Å². The van der Waals surface area contributed by atoms with E-state index in [0.29, 0.717) is 23.9 Å². The van der Waals surface area contributed by atoms with E-state index in [4.69, 9.17) is 16.3 Å². The van der Waals surface area contributed by atoms with Gasteiger partial charge in [0.2, 0.25) is 5.82 Å². The van der Waals surface area contributed by atoms with Crippen LogP contribution in [0.4, 0.5) is 11.5 Å². The van der Waals surface area contributed by atoms with Gasteiger partial charge in [0.15, 0.2) is 0 Å². The average Bonchev–Trinajstić information content (AvgIpc) is 2.52. The van der Waals surface area contributed by atoms with E-state index in [-0.39, 0.29) is 17.4 Å². The van der Waals surface area contributed by atoms with Gasteiger partial charge in [-0.3, -0.25) is 10.1 Å². The number of nitrogens with zero attached hydrogens (tertiary/aromatic N) is 4. The summed E-state index contributed by atoms with van der Waals surface area (Å²) < 4.78 is 5.61. The van der Waals surface area contributed by atoms with E-state index in [1.165, 1.54) is 6.33 Å². The third-order valence-corrected chi connectivity index (χ3v) is 3.78. The van der Waals surface area contributed by atoms with Gasteiger partial charge in [-0.1, -0.05) is 11.6 Å². The Morgan fingerprint density at radius 2 is 2.00 bits per heavy atom. The summed E-state index contributed by atoms with van der Waals surface area (Å²) in [5.74, 6) is 0.587. The van der Waals surface area contributed by atoms with Crippen LogP contribution >= 0.6 is 11.6 Å². The molecule has 0 spiro atoms. The summed E-state index contributed by atoms with van der Waals surface area (Å²) in [6.07, 6.45) is 1.26.